The minimum Gasteiger partial charge on any atom is -0.497 e. The third kappa shape index (κ3) is 5.45. The summed E-state index contributed by atoms with van der Waals surface area (Å²) >= 11 is 1.44. The Morgan fingerprint density at radius 3 is 2.36 bits per heavy atom. The van der Waals surface area contributed by atoms with Crippen molar-refractivity contribution in [2.24, 2.45) is 0 Å². The van der Waals surface area contributed by atoms with Crippen LogP contribution in [0.25, 0.3) is 11.3 Å². The second-order valence-electron chi connectivity index (χ2n) is 5.14. The molecule has 0 aliphatic carbocycles. The van der Waals surface area contributed by atoms with E-state index in [4.69, 9.17) is 15.0 Å². The highest BCUT2D eigenvalue weighted by Crippen LogP contribution is 2.25. The third-order valence-corrected chi connectivity index (χ3v) is 4.88. The number of hydrogen-bond acceptors (Lipinski definition) is 8. The molecule has 9 nitrogen and oxygen atoms in total. The van der Waals surface area contributed by atoms with E-state index in [0.29, 0.717) is 23.3 Å². The van der Waals surface area contributed by atoms with Crippen LogP contribution in [0.15, 0.2) is 52.7 Å². The second-order valence-corrected chi connectivity index (χ2v) is 7.42. The maximum absolute atomic E-state index is 12.5. The summed E-state index contributed by atoms with van der Waals surface area (Å²) in [5, 5.41) is 12.8. The fraction of sp³-hybridized carbons (Fsp3) is 0.0625. The predicted octanol–water partition coefficient (Wildman–Crippen LogP) is 3.38. The van der Waals surface area contributed by atoms with E-state index in [1.165, 1.54) is 11.3 Å². The molecule has 0 saturated heterocycles. The van der Waals surface area contributed by atoms with Crippen molar-refractivity contribution >= 4 is 32.3 Å². The summed E-state index contributed by atoms with van der Waals surface area (Å²) < 4.78 is 47.3. The van der Waals surface area contributed by atoms with Crippen LogP contribution < -0.4 is 10.5 Å². The van der Waals surface area contributed by atoms with Gasteiger partial charge < -0.3 is 10.5 Å². The zero-order valence-corrected chi connectivity index (χ0v) is 15.9. The van der Waals surface area contributed by atoms with E-state index in [-0.39, 0.29) is 0 Å². The SMILES string of the molecule is COc1ccc(-c2csc(N)n2)cc1.O=[N+]([O-])c1cc(F)ccc1S(=O)(=O)O. The first-order chi connectivity index (χ1) is 13.1. The lowest BCUT2D eigenvalue weighted by Crippen LogP contribution is -2.03. The number of anilines is 1. The van der Waals surface area contributed by atoms with Gasteiger partial charge in [0.1, 0.15) is 11.6 Å². The van der Waals surface area contributed by atoms with Gasteiger partial charge in [-0.25, -0.2) is 9.37 Å². The molecule has 0 spiro atoms. The molecule has 28 heavy (non-hydrogen) atoms. The van der Waals surface area contributed by atoms with Crippen LogP contribution in [0.3, 0.4) is 0 Å². The van der Waals surface area contributed by atoms with Crippen LogP contribution >= 0.6 is 11.3 Å². The molecule has 0 amide bonds. The number of nitrogens with two attached hydrogens (primary N) is 1. The number of rotatable bonds is 4. The van der Waals surface area contributed by atoms with Gasteiger partial charge in [0.15, 0.2) is 10.0 Å². The van der Waals surface area contributed by atoms with Gasteiger partial charge in [0, 0.05) is 10.9 Å². The van der Waals surface area contributed by atoms with E-state index < -0.39 is 31.4 Å². The van der Waals surface area contributed by atoms with Crippen LogP contribution in [0.2, 0.25) is 0 Å². The number of nitrogen functional groups attached to an aromatic ring is 1. The lowest BCUT2D eigenvalue weighted by atomic mass is 10.2. The highest BCUT2D eigenvalue weighted by molar-refractivity contribution is 7.86. The van der Waals surface area contributed by atoms with Crippen molar-refractivity contribution < 1.29 is 27.0 Å². The first-order valence-electron chi connectivity index (χ1n) is 7.38. The zero-order chi connectivity index (χ0) is 20.9. The van der Waals surface area contributed by atoms with Crippen LogP contribution in [-0.2, 0) is 10.1 Å². The summed E-state index contributed by atoms with van der Waals surface area (Å²) in [6.07, 6.45) is 0. The molecular weight excluding hydrogens is 413 g/mol. The van der Waals surface area contributed by atoms with E-state index in [2.05, 4.69) is 4.98 Å². The second kappa shape index (κ2) is 8.73. The minimum atomic E-state index is -4.70. The molecule has 0 aliphatic heterocycles. The average molecular weight is 427 g/mol. The summed E-state index contributed by atoms with van der Waals surface area (Å²) in [6.45, 7) is 0. The standard InChI is InChI=1S/C10H10N2OS.C6H4FNO5S/c1-13-8-4-2-7(3-5-8)9-6-14-10(11)12-9;7-4-1-2-6(14(11,12)13)5(3-4)8(9)10/h2-6H,1H3,(H2,11,12);1-3H,(H,11,12,13). The molecule has 3 N–H and O–H groups in total. The zero-order valence-electron chi connectivity index (χ0n) is 14.3. The molecule has 0 bridgehead atoms. The van der Waals surface area contributed by atoms with Gasteiger partial charge in [-0.3, -0.25) is 14.7 Å². The van der Waals surface area contributed by atoms with E-state index in [9.17, 15) is 22.9 Å². The van der Waals surface area contributed by atoms with E-state index in [0.717, 1.165) is 17.0 Å². The summed E-state index contributed by atoms with van der Waals surface area (Å²) in [4.78, 5) is 12.5. The Morgan fingerprint density at radius 1 is 1.25 bits per heavy atom. The van der Waals surface area contributed by atoms with Crippen LogP contribution in [0.5, 0.6) is 5.75 Å². The Balaban J connectivity index is 0.000000200. The monoisotopic (exact) mass is 427 g/mol. The molecule has 1 heterocycles. The highest BCUT2D eigenvalue weighted by Gasteiger charge is 2.24. The van der Waals surface area contributed by atoms with Gasteiger partial charge in [-0.15, -0.1) is 11.3 Å². The molecule has 2 aromatic carbocycles. The smallest absolute Gasteiger partial charge is 0.301 e. The molecule has 0 atom stereocenters. The highest BCUT2D eigenvalue weighted by atomic mass is 32.2. The first-order valence-corrected chi connectivity index (χ1v) is 9.70. The van der Waals surface area contributed by atoms with Gasteiger partial charge in [-0.05, 0) is 36.4 Å². The number of thiazole rings is 1. The fourth-order valence-corrected chi connectivity index (χ4v) is 3.24. The number of aromatic nitrogens is 1. The number of nitro groups is 1. The number of methoxy groups -OCH3 is 1. The minimum absolute atomic E-state index is 0.420. The molecule has 0 saturated carbocycles. The maximum atomic E-state index is 12.5. The van der Waals surface area contributed by atoms with Crippen LogP contribution in [0, 0.1) is 15.9 Å². The third-order valence-electron chi connectivity index (χ3n) is 3.30. The number of benzene rings is 2. The predicted molar refractivity (Wildman–Crippen MR) is 101 cm³/mol. The Kier molecular flexibility index (Phi) is 6.62. The number of halogens is 1. The molecule has 0 unspecified atom stereocenters. The molecule has 0 fully saturated rings. The van der Waals surface area contributed by atoms with E-state index >= 15 is 0 Å². The Morgan fingerprint density at radius 2 is 1.89 bits per heavy atom. The molecule has 0 aliphatic rings. The van der Waals surface area contributed by atoms with Gasteiger partial charge in [-0.2, -0.15) is 8.42 Å². The normalized spacial score (nSPS) is 10.7. The summed E-state index contributed by atoms with van der Waals surface area (Å²) in [6, 6.07) is 9.50. The molecule has 148 valence electrons. The Hall–Kier alpha value is -3.09. The van der Waals surface area contributed by atoms with Crippen molar-refractivity contribution in [1.82, 2.24) is 4.98 Å². The van der Waals surface area contributed by atoms with Crippen molar-refractivity contribution in [1.29, 1.82) is 0 Å². The summed E-state index contributed by atoms with van der Waals surface area (Å²) in [7, 11) is -3.05. The van der Waals surface area contributed by atoms with Crippen molar-refractivity contribution in [3.05, 3.63) is 63.8 Å². The lowest BCUT2D eigenvalue weighted by Gasteiger charge is -2.00. The van der Waals surface area contributed by atoms with Crippen LogP contribution in [-0.4, -0.2) is 30.0 Å². The summed E-state index contributed by atoms with van der Waals surface area (Å²) in [5.74, 6) is -0.110. The van der Waals surface area contributed by atoms with E-state index in [1.54, 1.807) is 7.11 Å². The van der Waals surface area contributed by atoms with Crippen molar-refractivity contribution in [3.8, 4) is 17.0 Å². The molecule has 3 aromatic rings. The molecule has 0 radical (unpaired) electrons. The molecule has 3 rings (SSSR count). The molecule has 12 heteroatoms. The Bertz CT molecular complexity index is 1080. The van der Waals surface area contributed by atoms with Gasteiger partial charge in [0.2, 0.25) is 0 Å². The van der Waals surface area contributed by atoms with Crippen molar-refractivity contribution in [2.75, 3.05) is 12.8 Å². The van der Waals surface area contributed by atoms with Crippen LogP contribution in [0.4, 0.5) is 15.2 Å². The average Bonchev–Trinajstić information content (AvgIpc) is 3.07. The fourth-order valence-electron chi connectivity index (χ4n) is 2.03. The van der Waals surface area contributed by atoms with Gasteiger partial charge in [-0.1, -0.05) is 0 Å². The van der Waals surface area contributed by atoms with Crippen LogP contribution in [0.1, 0.15) is 0 Å². The van der Waals surface area contributed by atoms with Gasteiger partial charge in [0.05, 0.1) is 23.8 Å². The topological polar surface area (TPSA) is 146 Å². The van der Waals surface area contributed by atoms with Crippen molar-refractivity contribution in [3.63, 3.8) is 0 Å². The number of nitro benzene ring substituents is 1. The number of ether oxygens (including phenoxy) is 1. The van der Waals surface area contributed by atoms with Gasteiger partial charge >= 0.3 is 10.1 Å². The molecule has 1 aromatic heterocycles. The number of hydrogen-bond donors (Lipinski definition) is 2. The molecular formula is C16H14FN3O6S2. The van der Waals surface area contributed by atoms with E-state index in [1.807, 2.05) is 29.6 Å². The summed E-state index contributed by atoms with van der Waals surface area (Å²) in [5.41, 5.74) is 6.53. The first kappa shape index (κ1) is 21.2. The number of nitrogens with zero attached hydrogens (tertiary/aromatic N) is 2. The Labute approximate surface area is 163 Å². The lowest BCUT2D eigenvalue weighted by molar-refractivity contribution is -0.388. The maximum Gasteiger partial charge on any atom is 0.301 e. The quantitative estimate of drug-likeness (QED) is 0.366. The van der Waals surface area contributed by atoms with Crippen molar-refractivity contribution in [2.45, 2.75) is 4.90 Å². The largest absolute Gasteiger partial charge is 0.497 e. The van der Waals surface area contributed by atoms with Gasteiger partial charge in [0.25, 0.3) is 5.69 Å².